The molecular weight excluding hydrogens is 318 g/mol. The number of fused-ring (bicyclic) bond motifs is 3. The maximum atomic E-state index is 9.59. The predicted molar refractivity (Wildman–Crippen MR) is 79.8 cm³/mol. The molecule has 7 N–H and O–H groups in total. The second kappa shape index (κ2) is 6.60. The van der Waals surface area contributed by atoms with Crippen molar-refractivity contribution in [2.24, 2.45) is 0 Å². The lowest BCUT2D eigenvalue weighted by molar-refractivity contribution is 0.403. The molecule has 0 bridgehead atoms. The third kappa shape index (κ3) is 2.72. The Bertz CT molecular complexity index is 763. The minimum absolute atomic E-state index is 0. The average molecular weight is 332 g/mol. The maximum absolute atomic E-state index is 9.59. The standard InChI is InChI=1S/C12H9N3O2S.ClH.2H2O/c13-5-10-11-7-4-9(17)8(16)3-6(7)1-2-15(11)12(14)18-10;;;/h3-4,14,16-17H,1-2H2;1H;2*1H2. The molecule has 0 atom stereocenters. The van der Waals surface area contributed by atoms with Crippen LogP contribution in [0.5, 0.6) is 11.5 Å². The van der Waals surface area contributed by atoms with Crippen molar-refractivity contribution in [2.45, 2.75) is 13.0 Å². The topological polar surface area (TPSA) is 156 Å². The molecule has 1 aliphatic heterocycles. The highest BCUT2D eigenvalue weighted by Gasteiger charge is 2.23. The van der Waals surface area contributed by atoms with Gasteiger partial charge in [-0.3, -0.25) is 5.41 Å². The summed E-state index contributed by atoms with van der Waals surface area (Å²) in [5.74, 6) is -0.356. The number of aromatic nitrogens is 1. The molecular formula is C12H14ClN3O4S. The van der Waals surface area contributed by atoms with Crippen molar-refractivity contribution in [3.05, 3.63) is 27.4 Å². The lowest BCUT2D eigenvalue weighted by atomic mass is 9.97. The summed E-state index contributed by atoms with van der Waals surface area (Å²) in [4.78, 5) is 0.797. The van der Waals surface area contributed by atoms with Crippen molar-refractivity contribution in [1.82, 2.24) is 4.57 Å². The Balaban J connectivity index is 0.00000133. The van der Waals surface area contributed by atoms with E-state index < -0.39 is 0 Å². The summed E-state index contributed by atoms with van der Waals surface area (Å²) in [6.07, 6.45) is 0.675. The monoisotopic (exact) mass is 331 g/mol. The zero-order chi connectivity index (χ0) is 12.9. The van der Waals surface area contributed by atoms with E-state index >= 15 is 0 Å². The zero-order valence-electron chi connectivity index (χ0n) is 10.7. The summed E-state index contributed by atoms with van der Waals surface area (Å²) >= 11 is 1.13. The molecule has 0 saturated heterocycles. The molecule has 1 aromatic heterocycles. The van der Waals surface area contributed by atoms with E-state index in [2.05, 4.69) is 6.07 Å². The summed E-state index contributed by atoms with van der Waals surface area (Å²) in [5.41, 5.74) is 2.28. The van der Waals surface area contributed by atoms with Crippen LogP contribution in [-0.2, 0) is 13.0 Å². The fourth-order valence-corrected chi connectivity index (χ4v) is 3.11. The highest BCUT2D eigenvalue weighted by atomic mass is 35.5. The van der Waals surface area contributed by atoms with Crippen molar-refractivity contribution in [3.8, 4) is 28.8 Å². The Morgan fingerprint density at radius 2 is 1.86 bits per heavy atom. The number of aryl methyl sites for hydroxylation is 1. The Kier molecular flexibility index (Phi) is 5.96. The van der Waals surface area contributed by atoms with Gasteiger partial charge in [0.15, 0.2) is 16.3 Å². The molecule has 0 fully saturated rings. The smallest absolute Gasteiger partial charge is 0.183 e. The predicted octanol–water partition coefficient (Wildman–Crippen LogP) is 0.307. The van der Waals surface area contributed by atoms with Crippen LogP contribution in [0.25, 0.3) is 11.3 Å². The fourth-order valence-electron chi connectivity index (χ4n) is 2.26. The van der Waals surface area contributed by atoms with Crippen LogP contribution in [0.4, 0.5) is 0 Å². The normalized spacial score (nSPS) is 10.8. The minimum Gasteiger partial charge on any atom is -0.504 e. The highest BCUT2D eigenvalue weighted by Crippen LogP contribution is 2.38. The van der Waals surface area contributed by atoms with Gasteiger partial charge >= 0.3 is 0 Å². The van der Waals surface area contributed by atoms with Gasteiger partial charge in [-0.05, 0) is 24.1 Å². The van der Waals surface area contributed by atoms with Gasteiger partial charge in [-0.1, -0.05) is 11.3 Å². The van der Waals surface area contributed by atoms with E-state index in [1.807, 2.05) is 0 Å². The number of thiazole rings is 1. The number of phenolic OH excluding ortho intramolecular Hbond substituents is 2. The highest BCUT2D eigenvalue weighted by molar-refractivity contribution is 7.10. The second-order valence-corrected chi connectivity index (χ2v) is 5.10. The van der Waals surface area contributed by atoms with Crippen molar-refractivity contribution in [3.63, 3.8) is 0 Å². The molecule has 21 heavy (non-hydrogen) atoms. The van der Waals surface area contributed by atoms with E-state index in [-0.39, 0.29) is 34.9 Å². The van der Waals surface area contributed by atoms with Crippen LogP contribution < -0.4 is 4.80 Å². The first kappa shape index (κ1) is 18.9. The Morgan fingerprint density at radius 3 is 2.48 bits per heavy atom. The first-order valence-electron chi connectivity index (χ1n) is 5.35. The van der Waals surface area contributed by atoms with Crippen molar-refractivity contribution < 1.29 is 21.2 Å². The van der Waals surface area contributed by atoms with Gasteiger partial charge in [0.1, 0.15) is 10.9 Å². The van der Waals surface area contributed by atoms with Gasteiger partial charge in [0.2, 0.25) is 0 Å². The molecule has 3 rings (SSSR count). The number of rotatable bonds is 0. The van der Waals surface area contributed by atoms with Gasteiger partial charge in [0.25, 0.3) is 0 Å². The zero-order valence-corrected chi connectivity index (χ0v) is 12.3. The molecule has 9 heteroatoms. The van der Waals surface area contributed by atoms with Gasteiger partial charge in [0.05, 0.1) is 5.69 Å². The number of aromatic hydroxyl groups is 2. The van der Waals surface area contributed by atoms with E-state index in [1.54, 1.807) is 4.57 Å². The molecule has 0 radical (unpaired) electrons. The van der Waals surface area contributed by atoms with Crippen LogP contribution in [0.3, 0.4) is 0 Å². The summed E-state index contributed by atoms with van der Waals surface area (Å²) in [6.45, 7) is 0.615. The van der Waals surface area contributed by atoms with Crippen LogP contribution in [0.1, 0.15) is 10.4 Å². The lowest BCUT2D eigenvalue weighted by Gasteiger charge is -2.19. The van der Waals surface area contributed by atoms with Gasteiger partial charge in [-0.25, -0.2) is 0 Å². The number of halogens is 1. The quantitative estimate of drug-likeness (QED) is 0.594. The summed E-state index contributed by atoms with van der Waals surface area (Å²) in [7, 11) is 0. The lowest BCUT2D eigenvalue weighted by Crippen LogP contribution is -2.20. The van der Waals surface area contributed by atoms with Crippen molar-refractivity contribution >= 4 is 23.7 Å². The number of hydrogen-bond donors (Lipinski definition) is 3. The number of nitrogens with one attached hydrogen (secondary N) is 1. The van der Waals surface area contributed by atoms with Crippen LogP contribution in [-0.4, -0.2) is 25.7 Å². The number of phenols is 2. The summed E-state index contributed by atoms with van der Waals surface area (Å²) in [5, 5.41) is 36.0. The first-order valence-corrected chi connectivity index (χ1v) is 6.17. The maximum Gasteiger partial charge on any atom is 0.183 e. The molecule has 0 aliphatic carbocycles. The largest absolute Gasteiger partial charge is 0.504 e. The van der Waals surface area contributed by atoms with Gasteiger partial charge in [-0.2, -0.15) is 5.26 Å². The molecule has 0 unspecified atom stereocenters. The Labute approximate surface area is 129 Å². The van der Waals surface area contributed by atoms with Gasteiger partial charge in [0, 0.05) is 12.1 Å². The molecule has 2 heterocycles. The summed E-state index contributed by atoms with van der Waals surface area (Å²) in [6, 6.07) is 5.07. The molecule has 114 valence electrons. The number of hydrogen-bond acceptors (Lipinski definition) is 5. The van der Waals surface area contributed by atoms with E-state index in [4.69, 9.17) is 10.7 Å². The second-order valence-electron chi connectivity index (χ2n) is 4.10. The Hall–Kier alpha value is -2.05. The van der Waals surface area contributed by atoms with E-state index in [1.165, 1.54) is 12.1 Å². The molecule has 2 aromatic rings. The third-order valence-corrected chi connectivity index (χ3v) is 3.99. The number of benzene rings is 1. The SMILES string of the molecule is Cl.N#Cc1sc(=N)n2c1-c1cc(O)c(O)cc1CC2.O.O. The third-order valence-electron chi connectivity index (χ3n) is 3.09. The van der Waals surface area contributed by atoms with E-state index in [0.29, 0.717) is 28.3 Å². The first-order chi connectivity index (χ1) is 8.61. The van der Waals surface area contributed by atoms with Gasteiger partial charge < -0.3 is 25.7 Å². The molecule has 7 nitrogen and oxygen atoms in total. The molecule has 0 spiro atoms. The minimum atomic E-state index is -0.205. The molecule has 0 amide bonds. The molecule has 1 aliphatic rings. The van der Waals surface area contributed by atoms with Crippen LogP contribution in [0, 0.1) is 16.7 Å². The van der Waals surface area contributed by atoms with Crippen molar-refractivity contribution in [1.29, 1.82) is 10.7 Å². The Morgan fingerprint density at radius 1 is 1.24 bits per heavy atom. The van der Waals surface area contributed by atoms with E-state index in [9.17, 15) is 10.2 Å². The number of nitrogens with zero attached hydrogens (tertiary/aromatic N) is 2. The fraction of sp³-hybridized carbons (Fsp3) is 0.167. The number of nitriles is 1. The molecule has 0 saturated carbocycles. The van der Waals surface area contributed by atoms with Crippen LogP contribution >= 0.6 is 23.7 Å². The summed E-state index contributed by atoms with van der Waals surface area (Å²) < 4.78 is 1.77. The van der Waals surface area contributed by atoms with E-state index in [0.717, 1.165) is 22.5 Å². The average Bonchev–Trinajstić information content (AvgIpc) is 2.68. The van der Waals surface area contributed by atoms with Crippen LogP contribution in [0.15, 0.2) is 12.1 Å². The molecule has 1 aromatic carbocycles. The van der Waals surface area contributed by atoms with Crippen molar-refractivity contribution in [2.75, 3.05) is 0 Å². The van der Waals surface area contributed by atoms with Crippen LogP contribution in [0.2, 0.25) is 0 Å². The van der Waals surface area contributed by atoms with Gasteiger partial charge in [-0.15, -0.1) is 12.4 Å².